The van der Waals surface area contributed by atoms with Crippen LogP contribution in [-0.4, -0.2) is 42.3 Å². The average molecular weight is 487 g/mol. The summed E-state index contributed by atoms with van der Waals surface area (Å²) in [5.41, 5.74) is 4.59. The van der Waals surface area contributed by atoms with Crippen LogP contribution in [0.25, 0.3) is 11.0 Å². The molecule has 0 fully saturated rings. The van der Waals surface area contributed by atoms with Crippen LogP contribution >= 0.6 is 0 Å². The summed E-state index contributed by atoms with van der Waals surface area (Å²) in [7, 11) is 4.58. The number of fused-ring (bicyclic) bond motifs is 2. The Balaban J connectivity index is 1.46. The summed E-state index contributed by atoms with van der Waals surface area (Å²) in [5.74, 6) is 0.644. The second-order valence-corrected chi connectivity index (χ2v) is 8.45. The number of pyridine rings is 1. The van der Waals surface area contributed by atoms with E-state index in [9.17, 15) is 9.59 Å². The Morgan fingerprint density at radius 2 is 1.92 bits per heavy atom. The van der Waals surface area contributed by atoms with E-state index in [1.165, 1.54) is 12.7 Å². The largest absolute Gasteiger partial charge is 0.497 e. The Morgan fingerprint density at radius 1 is 1.11 bits per heavy atom. The molecule has 0 saturated heterocycles. The maximum Gasteiger partial charge on any atom is 0.356 e. The molecular weight excluding hydrogens is 460 g/mol. The van der Waals surface area contributed by atoms with E-state index in [1.807, 2.05) is 18.2 Å². The zero-order valence-electron chi connectivity index (χ0n) is 20.3. The van der Waals surface area contributed by atoms with Crippen LogP contribution in [-0.2, 0) is 24.8 Å². The van der Waals surface area contributed by atoms with Crippen molar-refractivity contribution in [2.45, 2.75) is 13.0 Å². The second kappa shape index (κ2) is 9.61. The minimum Gasteiger partial charge on any atom is -0.497 e. The first-order valence-corrected chi connectivity index (χ1v) is 11.5. The number of hydrogen-bond acceptors (Lipinski definition) is 7. The fraction of sp³-hybridized carbons (Fsp3) is 0.222. The quantitative estimate of drug-likeness (QED) is 0.378. The lowest BCUT2D eigenvalue weighted by molar-refractivity contribution is 0.0591. The topological polar surface area (TPSA) is 104 Å². The van der Waals surface area contributed by atoms with Crippen molar-refractivity contribution in [1.29, 1.82) is 0 Å². The van der Waals surface area contributed by atoms with Gasteiger partial charge >= 0.3 is 5.97 Å². The molecule has 5 rings (SSSR count). The van der Waals surface area contributed by atoms with Gasteiger partial charge in [0.05, 0.1) is 38.4 Å². The Hall–Kier alpha value is -4.53. The van der Waals surface area contributed by atoms with Crippen LogP contribution < -0.4 is 20.1 Å². The summed E-state index contributed by atoms with van der Waals surface area (Å²) >= 11 is 0. The summed E-state index contributed by atoms with van der Waals surface area (Å²) in [6, 6.07) is 14.7. The van der Waals surface area contributed by atoms with Crippen molar-refractivity contribution >= 4 is 34.3 Å². The van der Waals surface area contributed by atoms with E-state index < -0.39 is 5.97 Å². The van der Waals surface area contributed by atoms with Gasteiger partial charge in [-0.15, -0.1) is 0 Å². The number of methoxy groups -OCH3 is 2. The molecule has 2 N–H and O–H groups in total. The third kappa shape index (κ3) is 4.31. The number of anilines is 2. The van der Waals surface area contributed by atoms with Gasteiger partial charge in [-0.05, 0) is 47.5 Å². The molecule has 2 aromatic carbocycles. The number of hydrogen-bond donors (Lipinski definition) is 2. The third-order valence-electron chi connectivity index (χ3n) is 6.25. The average Bonchev–Trinajstić information content (AvgIpc) is 3.49. The molecule has 0 radical (unpaired) electrons. The first kappa shape index (κ1) is 23.2. The highest BCUT2D eigenvalue weighted by Gasteiger charge is 2.25. The number of aromatic nitrogens is 2. The molecule has 3 heterocycles. The minimum atomic E-state index is -0.574. The van der Waals surface area contributed by atoms with E-state index >= 15 is 0 Å². The predicted octanol–water partition coefficient (Wildman–Crippen LogP) is 4.17. The molecule has 1 aliphatic heterocycles. The van der Waals surface area contributed by atoms with Crippen molar-refractivity contribution in [3.05, 3.63) is 77.1 Å². The van der Waals surface area contributed by atoms with Crippen LogP contribution in [0.3, 0.4) is 0 Å². The number of benzene rings is 2. The molecule has 184 valence electrons. The highest BCUT2D eigenvalue weighted by Crippen LogP contribution is 2.33. The Kier molecular flexibility index (Phi) is 6.20. The molecule has 9 nitrogen and oxygen atoms in total. The lowest BCUT2D eigenvalue weighted by Crippen LogP contribution is -2.16. The van der Waals surface area contributed by atoms with Crippen molar-refractivity contribution in [2.75, 3.05) is 31.5 Å². The molecule has 36 heavy (non-hydrogen) atoms. The van der Waals surface area contributed by atoms with Gasteiger partial charge in [0.1, 0.15) is 17.1 Å². The van der Waals surface area contributed by atoms with E-state index in [0.717, 1.165) is 23.4 Å². The fourth-order valence-electron chi connectivity index (χ4n) is 4.35. The first-order valence-electron chi connectivity index (χ1n) is 11.5. The van der Waals surface area contributed by atoms with Gasteiger partial charge in [0.2, 0.25) is 0 Å². The van der Waals surface area contributed by atoms with Crippen molar-refractivity contribution in [3.63, 3.8) is 0 Å². The Morgan fingerprint density at radius 3 is 2.67 bits per heavy atom. The summed E-state index contributed by atoms with van der Waals surface area (Å²) in [5, 5.41) is 6.89. The smallest absolute Gasteiger partial charge is 0.356 e. The van der Waals surface area contributed by atoms with Gasteiger partial charge in [0.15, 0.2) is 5.69 Å². The summed E-state index contributed by atoms with van der Waals surface area (Å²) in [4.78, 5) is 30.3. The number of carbonyl (C=O) groups is 2. The highest BCUT2D eigenvalue weighted by molar-refractivity contribution is 6.14. The number of nitrogens with one attached hydrogen (secondary N) is 2. The summed E-state index contributed by atoms with van der Waals surface area (Å²) in [6.45, 7) is 1.30. The van der Waals surface area contributed by atoms with E-state index in [1.54, 1.807) is 49.2 Å². The summed E-state index contributed by atoms with van der Waals surface area (Å²) in [6.07, 6.45) is 2.61. The molecule has 0 spiro atoms. The molecule has 0 bridgehead atoms. The SMILES string of the molecule is COC(=O)c1c(NC(=O)c2ccc(OC)cc2)c2cc(NCc3ccc4c(c3)CCO4)cnc2n1C. The van der Waals surface area contributed by atoms with Crippen molar-refractivity contribution in [3.8, 4) is 11.5 Å². The standard InChI is InChI=1S/C27H26N4O5/c1-31-24(27(33)35-3)23(30-26(32)17-5-7-20(34-2)8-6-17)21-13-19(15-29-25(21)31)28-14-16-4-9-22-18(12-16)10-11-36-22/h4-9,12-13,15,28H,10-11,14H2,1-3H3,(H,30,32). The Bertz CT molecular complexity index is 1460. The van der Waals surface area contributed by atoms with Crippen LogP contribution in [0.15, 0.2) is 54.7 Å². The van der Waals surface area contributed by atoms with Crippen molar-refractivity contribution in [2.24, 2.45) is 7.05 Å². The number of amides is 1. The molecule has 0 aliphatic carbocycles. The summed E-state index contributed by atoms with van der Waals surface area (Å²) < 4.78 is 17.4. The van der Waals surface area contributed by atoms with Crippen LogP contribution in [0.1, 0.15) is 32.0 Å². The number of ether oxygens (including phenoxy) is 3. The fourth-order valence-corrected chi connectivity index (χ4v) is 4.35. The third-order valence-corrected chi connectivity index (χ3v) is 6.25. The second-order valence-electron chi connectivity index (χ2n) is 8.45. The molecule has 4 aromatic rings. The number of rotatable bonds is 7. The van der Waals surface area contributed by atoms with Gasteiger partial charge in [-0.25, -0.2) is 9.78 Å². The first-order chi connectivity index (χ1) is 17.5. The van der Waals surface area contributed by atoms with Crippen molar-refractivity contribution in [1.82, 2.24) is 9.55 Å². The normalized spacial score (nSPS) is 12.1. The highest BCUT2D eigenvalue weighted by atomic mass is 16.5. The van der Waals surface area contributed by atoms with E-state index in [2.05, 4.69) is 21.7 Å². The lowest BCUT2D eigenvalue weighted by atomic mass is 10.1. The minimum absolute atomic E-state index is 0.206. The van der Waals surface area contributed by atoms with Crippen LogP contribution in [0.4, 0.5) is 11.4 Å². The molecule has 2 aromatic heterocycles. The zero-order valence-corrected chi connectivity index (χ0v) is 20.3. The van der Waals surface area contributed by atoms with Crippen LogP contribution in [0.2, 0.25) is 0 Å². The molecule has 9 heteroatoms. The zero-order chi connectivity index (χ0) is 25.2. The predicted molar refractivity (Wildman–Crippen MR) is 136 cm³/mol. The van der Waals surface area contributed by atoms with Gasteiger partial charge in [-0.1, -0.05) is 12.1 Å². The molecule has 1 aliphatic rings. The van der Waals surface area contributed by atoms with Gasteiger partial charge in [-0.3, -0.25) is 4.79 Å². The van der Waals surface area contributed by atoms with Crippen LogP contribution in [0, 0.1) is 0 Å². The number of aryl methyl sites for hydroxylation is 1. The lowest BCUT2D eigenvalue weighted by Gasteiger charge is -2.09. The molecule has 1 amide bonds. The molecule has 0 unspecified atom stereocenters. The van der Waals surface area contributed by atoms with Gasteiger partial charge in [0, 0.05) is 31.0 Å². The maximum absolute atomic E-state index is 13.1. The number of nitrogens with zero attached hydrogens (tertiary/aromatic N) is 2. The number of carbonyl (C=O) groups excluding carboxylic acids is 2. The maximum atomic E-state index is 13.1. The van der Waals surface area contributed by atoms with E-state index in [0.29, 0.717) is 41.2 Å². The molecular formula is C27H26N4O5. The Labute approximate surface area is 208 Å². The monoisotopic (exact) mass is 486 g/mol. The number of esters is 1. The molecule has 0 saturated carbocycles. The van der Waals surface area contributed by atoms with Crippen molar-refractivity contribution < 1.29 is 23.8 Å². The van der Waals surface area contributed by atoms with Gasteiger partial charge < -0.3 is 29.4 Å². The molecule has 0 atom stereocenters. The van der Waals surface area contributed by atoms with Gasteiger partial charge in [-0.2, -0.15) is 0 Å². The van der Waals surface area contributed by atoms with E-state index in [4.69, 9.17) is 14.2 Å². The van der Waals surface area contributed by atoms with E-state index in [-0.39, 0.29) is 11.6 Å². The van der Waals surface area contributed by atoms with Gasteiger partial charge in [0.25, 0.3) is 5.91 Å². The van der Waals surface area contributed by atoms with Crippen LogP contribution in [0.5, 0.6) is 11.5 Å².